The van der Waals surface area contributed by atoms with Crippen molar-refractivity contribution in [1.82, 2.24) is 4.98 Å². The van der Waals surface area contributed by atoms with Gasteiger partial charge in [0, 0.05) is 27.6 Å². The number of aromatic nitrogens is 1. The van der Waals surface area contributed by atoms with Crippen molar-refractivity contribution in [2.45, 2.75) is 0 Å². The summed E-state index contributed by atoms with van der Waals surface area (Å²) in [5, 5.41) is 5.08. The summed E-state index contributed by atoms with van der Waals surface area (Å²) in [5.41, 5.74) is 2.05. The molecule has 0 aliphatic heterocycles. The number of pyridine rings is 1. The number of methoxy groups -OCH3 is 1. The van der Waals surface area contributed by atoms with E-state index in [1.165, 1.54) is 6.07 Å². The van der Waals surface area contributed by atoms with E-state index in [2.05, 4.69) is 18.2 Å². The van der Waals surface area contributed by atoms with Crippen LogP contribution in [-0.4, -0.2) is 12.1 Å². The molecule has 0 saturated heterocycles. The molecule has 0 amide bonds. The zero-order chi connectivity index (χ0) is 17.0. The van der Waals surface area contributed by atoms with Crippen molar-refractivity contribution in [2.24, 2.45) is 0 Å². The summed E-state index contributed by atoms with van der Waals surface area (Å²) in [6.07, 6.45) is 0. The monoisotopic (exact) mass is 327 g/mol. The van der Waals surface area contributed by atoms with Gasteiger partial charge in [0.2, 0.25) is 0 Å². The first-order valence-electron chi connectivity index (χ1n) is 7.97. The van der Waals surface area contributed by atoms with E-state index in [0.29, 0.717) is 5.58 Å². The van der Waals surface area contributed by atoms with Crippen molar-refractivity contribution in [3.63, 3.8) is 0 Å². The van der Waals surface area contributed by atoms with E-state index in [9.17, 15) is 4.79 Å². The van der Waals surface area contributed by atoms with Crippen LogP contribution in [0.15, 0.2) is 69.9 Å². The highest BCUT2D eigenvalue weighted by Gasteiger charge is 2.09. The molecule has 0 aliphatic rings. The van der Waals surface area contributed by atoms with Crippen molar-refractivity contribution >= 4 is 43.5 Å². The normalized spacial score (nSPS) is 11.6. The van der Waals surface area contributed by atoms with Crippen LogP contribution in [-0.2, 0) is 0 Å². The molecule has 4 nitrogen and oxygen atoms in total. The van der Waals surface area contributed by atoms with Crippen LogP contribution in [0.25, 0.3) is 43.5 Å². The zero-order valence-corrected chi connectivity index (χ0v) is 13.4. The number of rotatable bonds is 1. The standard InChI is InChI=1S/C21H13NO3/c1-24-14-4-5-15-12(10-14)2-3-13-11-17-16-6-9-20(23)25-19(16)8-7-18(17)22-21(13)15/h2-11H,1H3. The van der Waals surface area contributed by atoms with Gasteiger partial charge >= 0.3 is 5.63 Å². The Labute approximate surface area is 142 Å². The highest BCUT2D eigenvalue weighted by Crippen LogP contribution is 2.31. The molecule has 3 aromatic carbocycles. The Balaban J connectivity index is 1.91. The summed E-state index contributed by atoms with van der Waals surface area (Å²) >= 11 is 0. The lowest BCUT2D eigenvalue weighted by Crippen LogP contribution is -1.95. The Kier molecular flexibility index (Phi) is 2.82. The van der Waals surface area contributed by atoms with E-state index in [1.54, 1.807) is 19.2 Å². The maximum Gasteiger partial charge on any atom is 0.336 e. The molecule has 25 heavy (non-hydrogen) atoms. The fourth-order valence-corrected chi connectivity index (χ4v) is 3.36. The molecule has 120 valence electrons. The van der Waals surface area contributed by atoms with E-state index in [4.69, 9.17) is 14.1 Å². The van der Waals surface area contributed by atoms with E-state index in [-0.39, 0.29) is 5.63 Å². The molecule has 5 rings (SSSR count). The summed E-state index contributed by atoms with van der Waals surface area (Å²) in [6.45, 7) is 0. The smallest absolute Gasteiger partial charge is 0.336 e. The van der Waals surface area contributed by atoms with Gasteiger partial charge in [0.25, 0.3) is 0 Å². The molecule has 0 unspecified atom stereocenters. The molecule has 0 atom stereocenters. The fraction of sp³-hybridized carbons (Fsp3) is 0.0476. The van der Waals surface area contributed by atoms with Crippen molar-refractivity contribution in [3.05, 3.63) is 71.1 Å². The predicted octanol–water partition coefficient (Wildman–Crippen LogP) is 4.66. The summed E-state index contributed by atoms with van der Waals surface area (Å²) in [7, 11) is 1.66. The molecule has 0 aliphatic carbocycles. The lowest BCUT2D eigenvalue weighted by atomic mass is 10.0. The van der Waals surface area contributed by atoms with E-state index in [0.717, 1.165) is 43.7 Å². The first-order chi connectivity index (χ1) is 12.2. The molecule has 0 fully saturated rings. The molecule has 2 heterocycles. The highest BCUT2D eigenvalue weighted by atomic mass is 16.5. The lowest BCUT2D eigenvalue weighted by molar-refractivity contribution is 0.415. The lowest BCUT2D eigenvalue weighted by Gasteiger charge is -2.08. The van der Waals surface area contributed by atoms with E-state index >= 15 is 0 Å². The van der Waals surface area contributed by atoms with Gasteiger partial charge in [-0.05, 0) is 47.9 Å². The van der Waals surface area contributed by atoms with Crippen LogP contribution in [0.1, 0.15) is 0 Å². The number of fused-ring (bicyclic) bond motifs is 6. The van der Waals surface area contributed by atoms with E-state index < -0.39 is 0 Å². The maximum absolute atomic E-state index is 11.4. The number of hydrogen-bond acceptors (Lipinski definition) is 4. The minimum atomic E-state index is -0.347. The predicted molar refractivity (Wildman–Crippen MR) is 99.3 cm³/mol. The maximum atomic E-state index is 11.4. The van der Waals surface area contributed by atoms with Crippen LogP contribution in [0.4, 0.5) is 0 Å². The van der Waals surface area contributed by atoms with Crippen LogP contribution in [0, 0.1) is 0 Å². The Morgan fingerprint density at radius 2 is 1.68 bits per heavy atom. The van der Waals surface area contributed by atoms with Gasteiger partial charge in [0.05, 0.1) is 18.1 Å². The van der Waals surface area contributed by atoms with Crippen LogP contribution in [0.3, 0.4) is 0 Å². The van der Waals surface area contributed by atoms with Crippen LogP contribution >= 0.6 is 0 Å². The molecule has 0 bridgehead atoms. The van der Waals surface area contributed by atoms with Gasteiger partial charge in [0.1, 0.15) is 11.3 Å². The van der Waals surface area contributed by atoms with Crippen LogP contribution in [0.5, 0.6) is 5.75 Å². The summed E-state index contributed by atoms with van der Waals surface area (Å²) in [5.74, 6) is 0.827. The fourth-order valence-electron chi connectivity index (χ4n) is 3.36. The number of nitrogens with zero attached hydrogens (tertiary/aromatic N) is 1. The quantitative estimate of drug-likeness (QED) is 0.255. The first-order valence-corrected chi connectivity index (χ1v) is 7.97. The zero-order valence-electron chi connectivity index (χ0n) is 13.4. The number of ether oxygens (including phenoxy) is 1. The van der Waals surface area contributed by atoms with Gasteiger partial charge in [0.15, 0.2) is 0 Å². The summed E-state index contributed by atoms with van der Waals surface area (Å²) in [4.78, 5) is 16.3. The second-order valence-electron chi connectivity index (χ2n) is 6.01. The minimum Gasteiger partial charge on any atom is -0.497 e. The molecular formula is C21H13NO3. The Morgan fingerprint density at radius 1 is 0.840 bits per heavy atom. The molecule has 4 heteroatoms. The van der Waals surface area contributed by atoms with Gasteiger partial charge in [-0.1, -0.05) is 12.1 Å². The van der Waals surface area contributed by atoms with E-state index in [1.807, 2.05) is 24.3 Å². The van der Waals surface area contributed by atoms with Crippen molar-refractivity contribution in [1.29, 1.82) is 0 Å². The third-order valence-corrected chi connectivity index (χ3v) is 4.58. The second-order valence-corrected chi connectivity index (χ2v) is 6.01. The van der Waals surface area contributed by atoms with Crippen molar-refractivity contribution in [3.8, 4) is 5.75 Å². The average molecular weight is 327 g/mol. The molecule has 5 aromatic rings. The van der Waals surface area contributed by atoms with Gasteiger partial charge < -0.3 is 9.15 Å². The van der Waals surface area contributed by atoms with Gasteiger partial charge in [-0.3, -0.25) is 0 Å². The van der Waals surface area contributed by atoms with Crippen molar-refractivity contribution in [2.75, 3.05) is 7.11 Å². The summed E-state index contributed by atoms with van der Waals surface area (Å²) < 4.78 is 10.6. The molecule has 0 spiro atoms. The first kappa shape index (κ1) is 14.0. The third kappa shape index (κ3) is 2.08. The third-order valence-electron chi connectivity index (χ3n) is 4.58. The molecule has 0 saturated carbocycles. The molecular weight excluding hydrogens is 314 g/mol. The van der Waals surface area contributed by atoms with Gasteiger partial charge in [-0.2, -0.15) is 0 Å². The average Bonchev–Trinajstić information content (AvgIpc) is 2.65. The van der Waals surface area contributed by atoms with Crippen molar-refractivity contribution < 1.29 is 9.15 Å². The number of hydrogen-bond donors (Lipinski definition) is 0. The molecule has 0 radical (unpaired) electrons. The Morgan fingerprint density at radius 3 is 2.56 bits per heavy atom. The number of benzene rings is 3. The minimum absolute atomic E-state index is 0.347. The van der Waals surface area contributed by atoms with Gasteiger partial charge in [-0.25, -0.2) is 9.78 Å². The van der Waals surface area contributed by atoms with Gasteiger partial charge in [-0.15, -0.1) is 0 Å². The molecule has 0 N–H and O–H groups in total. The largest absolute Gasteiger partial charge is 0.497 e. The molecule has 2 aromatic heterocycles. The highest BCUT2D eigenvalue weighted by molar-refractivity contribution is 6.13. The summed E-state index contributed by atoms with van der Waals surface area (Å²) in [6, 6.07) is 19.1. The van der Waals surface area contributed by atoms with Crippen LogP contribution < -0.4 is 10.4 Å². The Bertz CT molecular complexity index is 1350. The second kappa shape index (κ2) is 5.05. The Hall–Kier alpha value is -3.40. The SMILES string of the molecule is COc1ccc2c(ccc3cc4c(ccc5oc(=O)ccc54)nc32)c1. The topological polar surface area (TPSA) is 52.3 Å². The van der Waals surface area contributed by atoms with Crippen LogP contribution in [0.2, 0.25) is 0 Å².